The van der Waals surface area contributed by atoms with E-state index in [9.17, 15) is 14.0 Å². The monoisotopic (exact) mass is 245 g/mol. The summed E-state index contributed by atoms with van der Waals surface area (Å²) in [6, 6.07) is 3.64. The Morgan fingerprint density at radius 3 is 2.22 bits per heavy atom. The number of anilines is 1. The smallest absolute Gasteiger partial charge is 0.189 e. The summed E-state index contributed by atoms with van der Waals surface area (Å²) in [6.45, 7) is 3.26. The van der Waals surface area contributed by atoms with Gasteiger partial charge >= 0.3 is 0 Å². The fourth-order valence-electron chi connectivity index (χ4n) is 1.90. The van der Waals surface area contributed by atoms with Crippen molar-refractivity contribution in [3.8, 4) is 0 Å². The van der Waals surface area contributed by atoms with Gasteiger partial charge in [-0.2, -0.15) is 0 Å². The molecule has 1 aliphatic rings. The number of carbonyl (C=O) groups excluding carboxylic acids is 2. The lowest BCUT2D eigenvalue weighted by molar-refractivity contribution is -0.122. The van der Waals surface area contributed by atoms with Gasteiger partial charge in [0.25, 0.3) is 0 Å². The first-order valence-electron chi connectivity index (χ1n) is 5.70. The van der Waals surface area contributed by atoms with Crippen LogP contribution in [-0.2, 0) is 9.59 Å². The van der Waals surface area contributed by atoms with Crippen molar-refractivity contribution in [2.45, 2.75) is 19.9 Å². The molecule has 1 aromatic rings. The van der Waals surface area contributed by atoms with Crippen LogP contribution in [0.1, 0.15) is 13.8 Å². The number of Topliss-reactive ketones (excluding diaryl/α,β-unsaturated/α-hetero) is 2. The molecule has 0 aromatic heterocycles. The Labute approximate surface area is 105 Å². The predicted molar refractivity (Wildman–Crippen MR) is 70.4 cm³/mol. The van der Waals surface area contributed by atoms with Gasteiger partial charge in [-0.05, 0) is 26.0 Å². The molecule has 0 heterocycles. The zero-order valence-corrected chi connectivity index (χ0v) is 10.5. The molecule has 0 unspecified atom stereocenters. The van der Waals surface area contributed by atoms with Crippen molar-refractivity contribution >= 4 is 30.6 Å². The lowest BCUT2D eigenvalue weighted by Gasteiger charge is -2.12. The Balaban J connectivity index is 2.24. The molecule has 0 saturated heterocycles. The van der Waals surface area contributed by atoms with Gasteiger partial charge in [-0.3, -0.25) is 9.59 Å². The molecule has 18 heavy (non-hydrogen) atoms. The number of rotatable bonds is 2. The Morgan fingerprint density at radius 1 is 1.17 bits per heavy atom. The lowest BCUT2D eigenvalue weighted by Crippen LogP contribution is -2.33. The Morgan fingerprint density at radius 2 is 1.72 bits per heavy atom. The molecule has 0 bridgehead atoms. The molecule has 92 valence electrons. The van der Waals surface area contributed by atoms with E-state index in [0.29, 0.717) is 22.3 Å². The molecule has 0 saturated carbocycles. The summed E-state index contributed by atoms with van der Waals surface area (Å²) < 4.78 is 13.4. The molecule has 0 spiro atoms. The molecular formula is C13H13BFNO2. The molecule has 0 radical (unpaired) electrons. The number of hydrogen-bond donors (Lipinski definition) is 1. The minimum atomic E-state index is -0.910. The summed E-state index contributed by atoms with van der Waals surface area (Å²) in [4.78, 5) is 23.7. The van der Waals surface area contributed by atoms with E-state index < -0.39 is 6.04 Å². The first-order valence-corrected chi connectivity index (χ1v) is 5.70. The molecule has 1 N–H and O–H groups in total. The molecule has 0 amide bonds. The fourth-order valence-corrected chi connectivity index (χ4v) is 1.90. The second kappa shape index (κ2) is 4.40. The summed E-state index contributed by atoms with van der Waals surface area (Å²) in [5, 5.41) is 2.79. The molecule has 0 fully saturated rings. The van der Waals surface area contributed by atoms with E-state index in [1.54, 1.807) is 33.8 Å². The standard InChI is InChI=1S/C13H13BFNO2/c1-6-7(2)13(18)11(12(6)17)16-8-3-4-9(14)10(15)5-8/h3-5,11,16H,14H2,1-2H3. The van der Waals surface area contributed by atoms with E-state index >= 15 is 0 Å². The van der Waals surface area contributed by atoms with Crippen LogP contribution < -0.4 is 10.8 Å². The van der Waals surface area contributed by atoms with Crippen molar-refractivity contribution in [3.05, 3.63) is 35.2 Å². The van der Waals surface area contributed by atoms with Crippen molar-refractivity contribution in [2.75, 3.05) is 5.32 Å². The van der Waals surface area contributed by atoms with Gasteiger partial charge in [-0.15, -0.1) is 0 Å². The van der Waals surface area contributed by atoms with E-state index in [1.807, 2.05) is 0 Å². The lowest BCUT2D eigenvalue weighted by atomic mass is 9.95. The molecule has 0 aliphatic heterocycles. The van der Waals surface area contributed by atoms with Gasteiger partial charge in [-0.1, -0.05) is 11.5 Å². The maximum atomic E-state index is 13.4. The van der Waals surface area contributed by atoms with Gasteiger partial charge in [-0.25, -0.2) is 4.39 Å². The van der Waals surface area contributed by atoms with E-state index in [4.69, 9.17) is 0 Å². The van der Waals surface area contributed by atoms with E-state index in [0.717, 1.165) is 0 Å². The minimum absolute atomic E-state index is 0.238. The largest absolute Gasteiger partial charge is 0.369 e. The quantitative estimate of drug-likeness (QED) is 0.604. The normalized spacial score (nSPS) is 16.6. The SMILES string of the molecule is Bc1ccc(NC2C(=O)C(C)=C(C)C2=O)cc1F. The van der Waals surface area contributed by atoms with Crippen LogP contribution in [0.25, 0.3) is 0 Å². The summed E-state index contributed by atoms with van der Waals surface area (Å²) in [7, 11) is 1.65. The summed E-state index contributed by atoms with van der Waals surface area (Å²) in [5.74, 6) is -0.837. The van der Waals surface area contributed by atoms with Crippen molar-refractivity contribution in [3.63, 3.8) is 0 Å². The molecule has 3 nitrogen and oxygen atoms in total. The van der Waals surface area contributed by atoms with Crippen molar-refractivity contribution in [1.82, 2.24) is 0 Å². The third kappa shape index (κ3) is 1.96. The third-order valence-corrected chi connectivity index (χ3v) is 3.31. The zero-order chi connectivity index (χ0) is 13.4. The molecule has 0 atom stereocenters. The van der Waals surface area contributed by atoms with Gasteiger partial charge in [0.05, 0.1) is 0 Å². The number of benzene rings is 1. The van der Waals surface area contributed by atoms with E-state index in [-0.39, 0.29) is 17.4 Å². The van der Waals surface area contributed by atoms with E-state index in [2.05, 4.69) is 5.32 Å². The second-order valence-electron chi connectivity index (χ2n) is 4.52. The highest BCUT2D eigenvalue weighted by molar-refractivity contribution is 6.32. The molecule has 5 heteroatoms. The summed E-state index contributed by atoms with van der Waals surface area (Å²) in [5.41, 5.74) is 1.91. The van der Waals surface area contributed by atoms with Gasteiger partial charge in [0, 0.05) is 16.8 Å². The van der Waals surface area contributed by atoms with Crippen LogP contribution in [0.3, 0.4) is 0 Å². The Bertz CT molecular complexity index is 556. The average molecular weight is 245 g/mol. The maximum absolute atomic E-state index is 13.4. The summed E-state index contributed by atoms with van der Waals surface area (Å²) in [6.07, 6.45) is 0. The fraction of sp³-hybridized carbons (Fsp3) is 0.231. The highest BCUT2D eigenvalue weighted by atomic mass is 19.1. The first-order chi connectivity index (χ1) is 8.41. The number of halogens is 1. The maximum Gasteiger partial charge on any atom is 0.189 e. The van der Waals surface area contributed by atoms with Crippen molar-refractivity contribution in [2.24, 2.45) is 0 Å². The molecular weight excluding hydrogens is 232 g/mol. The zero-order valence-electron chi connectivity index (χ0n) is 10.5. The van der Waals surface area contributed by atoms with Crippen LogP contribution in [0, 0.1) is 5.82 Å². The number of ketones is 2. The van der Waals surface area contributed by atoms with Crippen LogP contribution >= 0.6 is 0 Å². The van der Waals surface area contributed by atoms with Gasteiger partial charge in [0.15, 0.2) is 17.6 Å². The van der Waals surface area contributed by atoms with Crippen LogP contribution in [0.4, 0.5) is 10.1 Å². The first kappa shape index (κ1) is 12.5. The summed E-state index contributed by atoms with van der Waals surface area (Å²) >= 11 is 0. The highest BCUT2D eigenvalue weighted by Crippen LogP contribution is 2.22. The van der Waals surface area contributed by atoms with Crippen LogP contribution in [0.5, 0.6) is 0 Å². The topological polar surface area (TPSA) is 46.2 Å². The predicted octanol–water partition coefficient (Wildman–Crippen LogP) is 0.353. The number of nitrogens with one attached hydrogen (secondary N) is 1. The van der Waals surface area contributed by atoms with Crippen LogP contribution in [-0.4, -0.2) is 25.5 Å². The van der Waals surface area contributed by atoms with E-state index in [1.165, 1.54) is 6.07 Å². The Kier molecular flexibility index (Phi) is 3.07. The molecule has 2 rings (SSSR count). The molecule has 1 aromatic carbocycles. The van der Waals surface area contributed by atoms with Gasteiger partial charge < -0.3 is 5.32 Å². The highest BCUT2D eigenvalue weighted by Gasteiger charge is 2.36. The number of hydrogen-bond acceptors (Lipinski definition) is 3. The number of carbonyl (C=O) groups is 2. The minimum Gasteiger partial charge on any atom is -0.369 e. The van der Waals surface area contributed by atoms with Crippen LogP contribution in [0.15, 0.2) is 29.3 Å². The van der Waals surface area contributed by atoms with Crippen molar-refractivity contribution < 1.29 is 14.0 Å². The second-order valence-corrected chi connectivity index (χ2v) is 4.52. The van der Waals surface area contributed by atoms with Gasteiger partial charge in [0.1, 0.15) is 13.7 Å². The van der Waals surface area contributed by atoms with Gasteiger partial charge in [0.2, 0.25) is 0 Å². The molecule has 1 aliphatic carbocycles. The Hall–Kier alpha value is -1.91. The van der Waals surface area contributed by atoms with Crippen LogP contribution in [0.2, 0.25) is 0 Å². The third-order valence-electron chi connectivity index (χ3n) is 3.31. The van der Waals surface area contributed by atoms with Crippen molar-refractivity contribution in [1.29, 1.82) is 0 Å². The average Bonchev–Trinajstić information content (AvgIpc) is 2.52.